The average molecular weight is 413 g/mol. The molecule has 2 atom stereocenters. The number of hydrogen-bond acceptors (Lipinski definition) is 6. The van der Waals surface area contributed by atoms with Crippen molar-refractivity contribution in [1.82, 2.24) is 10.6 Å². The number of ether oxygens (including phenoxy) is 1. The first-order chi connectivity index (χ1) is 13.1. The fraction of sp³-hybridized carbons (Fsp3) is 0.526. The lowest BCUT2D eigenvalue weighted by Crippen LogP contribution is -2.52. The van der Waals surface area contributed by atoms with Crippen molar-refractivity contribution in [3.8, 4) is 0 Å². The van der Waals surface area contributed by atoms with Gasteiger partial charge in [-0.1, -0.05) is 32.0 Å². The van der Waals surface area contributed by atoms with Gasteiger partial charge in [-0.2, -0.15) is 0 Å². The number of amides is 2. The summed E-state index contributed by atoms with van der Waals surface area (Å²) in [6.07, 6.45) is 0.228. The molecule has 8 nitrogen and oxygen atoms in total. The Kier molecular flexibility index (Phi) is 9.11. The topological polar surface area (TPSA) is 119 Å². The van der Waals surface area contributed by atoms with E-state index in [9.17, 15) is 22.8 Å². The van der Waals surface area contributed by atoms with Crippen LogP contribution in [0.5, 0.6) is 0 Å². The summed E-state index contributed by atoms with van der Waals surface area (Å²) in [4.78, 5) is 36.1. The molecule has 0 fully saturated rings. The zero-order chi connectivity index (χ0) is 21.3. The Bertz CT molecular complexity index is 777. The van der Waals surface area contributed by atoms with Crippen LogP contribution in [0.25, 0.3) is 0 Å². The second-order valence-corrected chi connectivity index (χ2v) is 9.00. The standard InChI is InChI=1S/C19H28N2O6S/c1-13(2)12-17(20-14(3)22)18(23)21-16(19(24)27-4)10-11-28(25,26)15-8-6-5-7-9-15/h5-9,13,16-17H,10-12H2,1-4H3,(H,20,22)(H,21,23)/t16-,17+/m1/s1. The van der Waals surface area contributed by atoms with Gasteiger partial charge in [-0.25, -0.2) is 13.2 Å². The Hall–Kier alpha value is -2.42. The lowest BCUT2D eigenvalue weighted by Gasteiger charge is -2.23. The number of hydrogen-bond donors (Lipinski definition) is 2. The third-order valence-electron chi connectivity index (χ3n) is 3.98. The predicted octanol–water partition coefficient (Wildman–Crippen LogP) is 1.06. The van der Waals surface area contributed by atoms with Gasteiger partial charge < -0.3 is 15.4 Å². The van der Waals surface area contributed by atoms with Gasteiger partial charge in [0.2, 0.25) is 11.8 Å². The molecular formula is C19H28N2O6S. The quantitative estimate of drug-likeness (QED) is 0.555. The molecule has 1 aromatic carbocycles. The van der Waals surface area contributed by atoms with E-state index < -0.39 is 33.8 Å². The van der Waals surface area contributed by atoms with E-state index in [4.69, 9.17) is 4.74 Å². The van der Waals surface area contributed by atoms with E-state index in [2.05, 4.69) is 10.6 Å². The number of carbonyl (C=O) groups is 3. The molecule has 0 saturated heterocycles. The number of sulfone groups is 1. The number of benzene rings is 1. The van der Waals surface area contributed by atoms with E-state index in [0.29, 0.717) is 6.42 Å². The normalized spacial score (nSPS) is 13.5. The van der Waals surface area contributed by atoms with E-state index in [1.54, 1.807) is 18.2 Å². The summed E-state index contributed by atoms with van der Waals surface area (Å²) in [6.45, 7) is 5.09. The van der Waals surface area contributed by atoms with E-state index in [-0.39, 0.29) is 28.9 Å². The van der Waals surface area contributed by atoms with E-state index in [1.807, 2.05) is 13.8 Å². The molecule has 0 heterocycles. The molecule has 0 aliphatic carbocycles. The molecule has 156 valence electrons. The maximum absolute atomic E-state index is 12.6. The van der Waals surface area contributed by atoms with Crippen molar-refractivity contribution in [2.45, 2.75) is 50.6 Å². The zero-order valence-corrected chi connectivity index (χ0v) is 17.4. The molecule has 1 rings (SSSR count). The van der Waals surface area contributed by atoms with Gasteiger partial charge in [-0.15, -0.1) is 0 Å². The van der Waals surface area contributed by atoms with Crippen LogP contribution in [-0.4, -0.2) is 51.1 Å². The Morgan fingerprint density at radius 2 is 1.64 bits per heavy atom. The Morgan fingerprint density at radius 3 is 2.14 bits per heavy atom. The predicted molar refractivity (Wildman–Crippen MR) is 104 cm³/mol. The van der Waals surface area contributed by atoms with Gasteiger partial charge >= 0.3 is 5.97 Å². The molecule has 0 aliphatic heterocycles. The molecular weight excluding hydrogens is 384 g/mol. The lowest BCUT2D eigenvalue weighted by atomic mass is 10.0. The van der Waals surface area contributed by atoms with Crippen molar-refractivity contribution < 1.29 is 27.5 Å². The third-order valence-corrected chi connectivity index (χ3v) is 5.74. The van der Waals surface area contributed by atoms with Crippen LogP contribution in [0.15, 0.2) is 35.2 Å². The number of rotatable bonds is 10. The monoisotopic (exact) mass is 412 g/mol. The second-order valence-electron chi connectivity index (χ2n) is 6.89. The molecule has 1 aromatic rings. The smallest absolute Gasteiger partial charge is 0.328 e. The summed E-state index contributed by atoms with van der Waals surface area (Å²) < 4.78 is 29.6. The molecule has 0 radical (unpaired) electrons. The molecule has 9 heteroatoms. The molecule has 0 aromatic heterocycles. The van der Waals surface area contributed by atoms with Crippen molar-refractivity contribution in [3.63, 3.8) is 0 Å². The summed E-state index contributed by atoms with van der Waals surface area (Å²) >= 11 is 0. The van der Waals surface area contributed by atoms with Crippen molar-refractivity contribution in [3.05, 3.63) is 30.3 Å². The highest BCUT2D eigenvalue weighted by Gasteiger charge is 2.29. The Balaban J connectivity index is 2.88. The zero-order valence-electron chi connectivity index (χ0n) is 16.6. The minimum absolute atomic E-state index is 0.123. The number of methoxy groups -OCH3 is 1. The van der Waals surface area contributed by atoms with Gasteiger partial charge in [-0.05, 0) is 30.9 Å². The maximum atomic E-state index is 12.6. The van der Waals surface area contributed by atoms with Gasteiger partial charge in [-0.3, -0.25) is 9.59 Å². The molecule has 0 spiro atoms. The molecule has 0 saturated carbocycles. The lowest BCUT2D eigenvalue weighted by molar-refractivity contribution is -0.145. The molecule has 0 aliphatic rings. The summed E-state index contributed by atoms with van der Waals surface area (Å²) in [5.41, 5.74) is 0. The van der Waals surface area contributed by atoms with Crippen LogP contribution < -0.4 is 10.6 Å². The first-order valence-corrected chi connectivity index (χ1v) is 10.6. The van der Waals surface area contributed by atoms with Crippen molar-refractivity contribution in [2.24, 2.45) is 5.92 Å². The van der Waals surface area contributed by atoms with Crippen molar-refractivity contribution in [2.75, 3.05) is 12.9 Å². The van der Waals surface area contributed by atoms with E-state index >= 15 is 0 Å². The van der Waals surface area contributed by atoms with Crippen LogP contribution in [0.1, 0.15) is 33.6 Å². The largest absolute Gasteiger partial charge is 0.467 e. The summed E-state index contributed by atoms with van der Waals surface area (Å²) in [6, 6.07) is 5.89. The van der Waals surface area contributed by atoms with Crippen LogP contribution in [0, 0.1) is 5.92 Å². The average Bonchev–Trinajstić information content (AvgIpc) is 2.63. The highest BCUT2D eigenvalue weighted by atomic mass is 32.2. The van der Waals surface area contributed by atoms with Gasteiger partial charge in [0.15, 0.2) is 9.84 Å². The highest BCUT2D eigenvalue weighted by Crippen LogP contribution is 2.13. The highest BCUT2D eigenvalue weighted by molar-refractivity contribution is 7.91. The molecule has 2 N–H and O–H groups in total. The SMILES string of the molecule is COC(=O)[C@@H](CCS(=O)(=O)c1ccccc1)NC(=O)[C@H](CC(C)C)NC(C)=O. The van der Waals surface area contributed by atoms with Crippen LogP contribution in [-0.2, 0) is 29.0 Å². The second kappa shape index (κ2) is 10.8. The third kappa shape index (κ3) is 7.67. The van der Waals surface area contributed by atoms with Gasteiger partial charge in [0.25, 0.3) is 0 Å². The fourth-order valence-corrected chi connectivity index (χ4v) is 3.98. The molecule has 28 heavy (non-hydrogen) atoms. The summed E-state index contributed by atoms with van der Waals surface area (Å²) in [7, 11) is -2.46. The molecule has 0 bridgehead atoms. The summed E-state index contributed by atoms with van der Waals surface area (Å²) in [5, 5.41) is 5.06. The van der Waals surface area contributed by atoms with Gasteiger partial charge in [0, 0.05) is 6.92 Å². The number of nitrogens with one attached hydrogen (secondary N) is 2. The van der Waals surface area contributed by atoms with E-state index in [1.165, 1.54) is 19.1 Å². The molecule has 0 unspecified atom stereocenters. The minimum atomic E-state index is -3.62. The van der Waals surface area contributed by atoms with Crippen LogP contribution in [0.3, 0.4) is 0 Å². The maximum Gasteiger partial charge on any atom is 0.328 e. The van der Waals surface area contributed by atoms with Crippen LogP contribution >= 0.6 is 0 Å². The van der Waals surface area contributed by atoms with Crippen LogP contribution in [0.2, 0.25) is 0 Å². The minimum Gasteiger partial charge on any atom is -0.467 e. The number of carbonyl (C=O) groups excluding carboxylic acids is 3. The first kappa shape index (κ1) is 23.6. The van der Waals surface area contributed by atoms with Crippen LogP contribution in [0.4, 0.5) is 0 Å². The number of esters is 1. The van der Waals surface area contributed by atoms with Crippen molar-refractivity contribution >= 4 is 27.6 Å². The Labute approximate surface area is 165 Å². The summed E-state index contributed by atoms with van der Waals surface area (Å²) in [5.74, 6) is -1.90. The van der Waals surface area contributed by atoms with Gasteiger partial charge in [0.05, 0.1) is 17.8 Å². The van der Waals surface area contributed by atoms with Crippen molar-refractivity contribution in [1.29, 1.82) is 0 Å². The van der Waals surface area contributed by atoms with Gasteiger partial charge in [0.1, 0.15) is 12.1 Å². The van der Waals surface area contributed by atoms with E-state index in [0.717, 1.165) is 7.11 Å². The molecule has 2 amide bonds. The fourth-order valence-electron chi connectivity index (χ4n) is 2.63. The first-order valence-electron chi connectivity index (χ1n) is 9.00. The Morgan fingerprint density at radius 1 is 1.04 bits per heavy atom.